The van der Waals surface area contributed by atoms with Crippen LogP contribution in [0.3, 0.4) is 0 Å². The molecule has 4 rings (SSSR count). The van der Waals surface area contributed by atoms with E-state index in [1.165, 1.54) is 101 Å². The predicted octanol–water partition coefficient (Wildman–Crippen LogP) is 14.9. The number of ether oxygens (including phenoxy) is 4. The van der Waals surface area contributed by atoms with Gasteiger partial charge in [-0.3, -0.25) is 0 Å². The molecular formula is C54H74O7. The number of carbonyl (C=O) groups is 3. The highest BCUT2D eigenvalue weighted by Crippen LogP contribution is 2.21. The summed E-state index contributed by atoms with van der Waals surface area (Å²) in [7, 11) is 0. The van der Waals surface area contributed by atoms with Gasteiger partial charge >= 0.3 is 17.9 Å². The van der Waals surface area contributed by atoms with Gasteiger partial charge in [-0.1, -0.05) is 123 Å². The van der Waals surface area contributed by atoms with Crippen LogP contribution in [-0.4, -0.2) is 30.1 Å². The van der Waals surface area contributed by atoms with Gasteiger partial charge in [0.05, 0.1) is 28.9 Å². The number of rotatable bonds is 27. The van der Waals surface area contributed by atoms with Crippen LogP contribution in [-0.2, 0) is 17.6 Å². The lowest BCUT2D eigenvalue weighted by atomic mass is 10.0. The molecular weight excluding hydrogens is 761 g/mol. The van der Waals surface area contributed by atoms with Gasteiger partial charge in [-0.25, -0.2) is 14.4 Å². The summed E-state index contributed by atoms with van der Waals surface area (Å²) in [5.74, 6) is 0.681. The van der Waals surface area contributed by atoms with Gasteiger partial charge in [0.2, 0.25) is 0 Å². The molecule has 2 atom stereocenters. The quantitative estimate of drug-likeness (QED) is 0.0336. The number of benzene rings is 4. The Labute approximate surface area is 367 Å². The minimum absolute atomic E-state index is 0.105. The minimum Gasteiger partial charge on any atom is -0.491 e. The van der Waals surface area contributed by atoms with E-state index < -0.39 is 5.97 Å². The molecule has 4 aromatic carbocycles. The Morgan fingerprint density at radius 2 is 0.738 bits per heavy atom. The predicted molar refractivity (Wildman–Crippen MR) is 249 cm³/mol. The molecule has 0 saturated heterocycles. The first-order valence-electron chi connectivity index (χ1n) is 23.4. The van der Waals surface area contributed by atoms with Gasteiger partial charge in [0.15, 0.2) is 0 Å². The molecule has 0 radical (unpaired) electrons. The van der Waals surface area contributed by atoms with Crippen LogP contribution >= 0.6 is 0 Å². The van der Waals surface area contributed by atoms with E-state index in [4.69, 9.17) is 18.9 Å². The molecule has 0 aliphatic rings. The Hall–Kier alpha value is -4.91. The molecule has 7 nitrogen and oxygen atoms in total. The highest BCUT2D eigenvalue weighted by Gasteiger charge is 2.14. The highest BCUT2D eigenvalue weighted by molar-refractivity contribution is 5.92. The van der Waals surface area contributed by atoms with E-state index in [1.54, 1.807) is 36.4 Å². The molecule has 0 spiro atoms. The Bertz CT molecular complexity index is 1780. The van der Waals surface area contributed by atoms with Crippen LogP contribution in [0.4, 0.5) is 0 Å². The van der Waals surface area contributed by atoms with Crippen LogP contribution in [0.1, 0.15) is 193 Å². The molecule has 0 amide bonds. The monoisotopic (exact) mass is 835 g/mol. The summed E-state index contributed by atoms with van der Waals surface area (Å²) >= 11 is 0. The normalized spacial score (nSPS) is 11.8. The summed E-state index contributed by atoms with van der Waals surface area (Å²) in [6.45, 7) is 12.8. The third-order valence-electron chi connectivity index (χ3n) is 10.7. The Balaban J connectivity index is 0.000000327. The lowest BCUT2D eigenvalue weighted by Gasteiger charge is -2.14. The smallest absolute Gasteiger partial charge is 0.343 e. The second-order valence-electron chi connectivity index (χ2n) is 16.3. The van der Waals surface area contributed by atoms with Gasteiger partial charge in [0, 0.05) is 0 Å². The van der Waals surface area contributed by atoms with E-state index >= 15 is 0 Å². The van der Waals surface area contributed by atoms with Crippen molar-refractivity contribution < 1.29 is 33.3 Å². The molecule has 0 heterocycles. The number of unbranched alkanes of at least 4 members (excludes halogenated alkanes) is 11. The largest absolute Gasteiger partial charge is 0.491 e. The number of carbonyl (C=O) groups excluding carboxylic acids is 3. The topological polar surface area (TPSA) is 88.1 Å². The fourth-order valence-corrected chi connectivity index (χ4v) is 6.85. The van der Waals surface area contributed by atoms with Crippen molar-refractivity contribution in [2.75, 3.05) is 0 Å². The van der Waals surface area contributed by atoms with Crippen molar-refractivity contribution in [1.29, 1.82) is 0 Å². The zero-order chi connectivity index (χ0) is 44.1. The fraction of sp³-hybridized carbons (Fsp3) is 0.500. The molecule has 0 aromatic heterocycles. The lowest BCUT2D eigenvalue weighted by molar-refractivity contribution is 0.0319. The molecule has 332 valence electrons. The van der Waals surface area contributed by atoms with E-state index in [0.717, 1.165) is 37.9 Å². The lowest BCUT2D eigenvalue weighted by Crippen LogP contribution is -2.15. The van der Waals surface area contributed by atoms with Gasteiger partial charge in [-0.2, -0.15) is 0 Å². The first-order valence-corrected chi connectivity index (χ1v) is 23.4. The van der Waals surface area contributed by atoms with Crippen LogP contribution in [0.25, 0.3) is 0 Å². The summed E-state index contributed by atoms with van der Waals surface area (Å²) in [4.78, 5) is 37.1. The van der Waals surface area contributed by atoms with Crippen LogP contribution in [0, 0.1) is 0 Å². The van der Waals surface area contributed by atoms with Gasteiger partial charge in [0.1, 0.15) is 17.2 Å². The molecule has 0 fully saturated rings. The second-order valence-corrected chi connectivity index (χ2v) is 16.3. The van der Waals surface area contributed by atoms with E-state index in [2.05, 4.69) is 34.6 Å². The molecule has 61 heavy (non-hydrogen) atoms. The molecule has 0 bridgehead atoms. The van der Waals surface area contributed by atoms with E-state index in [9.17, 15) is 14.4 Å². The Morgan fingerprint density at radius 1 is 0.393 bits per heavy atom. The van der Waals surface area contributed by atoms with Crippen molar-refractivity contribution in [1.82, 2.24) is 0 Å². The summed E-state index contributed by atoms with van der Waals surface area (Å²) in [6.07, 6.45) is 22.3. The van der Waals surface area contributed by atoms with Gasteiger partial charge in [-0.15, -0.1) is 0 Å². The van der Waals surface area contributed by atoms with E-state index in [0.29, 0.717) is 28.2 Å². The van der Waals surface area contributed by atoms with Crippen molar-refractivity contribution in [3.63, 3.8) is 0 Å². The zero-order valence-corrected chi connectivity index (χ0v) is 38.2. The maximum atomic E-state index is 12.4. The summed E-state index contributed by atoms with van der Waals surface area (Å²) in [5.41, 5.74) is 4.02. The Kier molecular flexibility index (Phi) is 25.0. The van der Waals surface area contributed by atoms with Crippen LogP contribution in [0.2, 0.25) is 0 Å². The molecule has 0 aliphatic carbocycles. The number of aryl methyl sites for hydroxylation is 2. The minimum atomic E-state index is -0.404. The molecule has 4 aromatic rings. The number of hydrogen-bond acceptors (Lipinski definition) is 7. The van der Waals surface area contributed by atoms with E-state index in [-0.39, 0.29) is 24.1 Å². The third kappa shape index (κ3) is 21.0. The molecule has 0 aliphatic heterocycles. The summed E-state index contributed by atoms with van der Waals surface area (Å²) in [5, 5.41) is 0. The highest BCUT2D eigenvalue weighted by atomic mass is 16.5. The van der Waals surface area contributed by atoms with Crippen molar-refractivity contribution >= 4 is 17.9 Å². The van der Waals surface area contributed by atoms with Crippen LogP contribution < -0.4 is 14.2 Å². The van der Waals surface area contributed by atoms with E-state index in [1.807, 2.05) is 67.6 Å². The van der Waals surface area contributed by atoms with Gasteiger partial charge < -0.3 is 18.9 Å². The summed E-state index contributed by atoms with van der Waals surface area (Å²) < 4.78 is 22.4. The molecule has 2 unspecified atom stereocenters. The van der Waals surface area contributed by atoms with Gasteiger partial charge in [-0.05, 0) is 149 Å². The maximum Gasteiger partial charge on any atom is 0.343 e. The maximum absolute atomic E-state index is 12.4. The average Bonchev–Trinajstić information content (AvgIpc) is 3.27. The molecule has 0 saturated carbocycles. The zero-order valence-electron chi connectivity index (χ0n) is 38.2. The summed E-state index contributed by atoms with van der Waals surface area (Å²) in [6, 6.07) is 29.2. The number of hydrogen-bond donors (Lipinski definition) is 0. The average molecular weight is 835 g/mol. The SMILES string of the molecule is CCCCCCC(C)Oc1ccc(C(=O)Oc2ccc(CCCCC)cc2)cc1.CCCCCCc1ccc(C(=O)Oc2ccc(C(=O)OC(C)CCCCCC)cc2)cc1. The van der Waals surface area contributed by atoms with Crippen molar-refractivity contribution in [2.24, 2.45) is 0 Å². The first kappa shape index (κ1) is 50.4. The standard InChI is InChI=1S/C28H38O4.C26H36O3/c1-4-6-8-10-12-22(3)31-27(29)25-18-20-26(21-19-25)32-28(30)24-16-14-23(15-17-24)13-11-9-7-5-2;1-4-6-8-10-11-21(3)28-24-19-15-23(16-20-24)26(27)29-25-17-13-22(14-18-25)12-9-7-5-2/h14-22H,4-13H2,1-3H3;13-21H,4-12H2,1-3H3. The second kappa shape index (κ2) is 30.2. The van der Waals surface area contributed by atoms with Crippen LogP contribution in [0.15, 0.2) is 97.1 Å². The molecule has 0 N–H and O–H groups in total. The molecule has 7 heteroatoms. The van der Waals surface area contributed by atoms with Gasteiger partial charge in [0.25, 0.3) is 0 Å². The fourth-order valence-electron chi connectivity index (χ4n) is 6.85. The van der Waals surface area contributed by atoms with Crippen molar-refractivity contribution in [3.8, 4) is 17.2 Å². The van der Waals surface area contributed by atoms with Crippen LogP contribution in [0.5, 0.6) is 17.2 Å². The van der Waals surface area contributed by atoms with Crippen molar-refractivity contribution in [2.45, 2.75) is 176 Å². The Morgan fingerprint density at radius 3 is 1.21 bits per heavy atom. The third-order valence-corrected chi connectivity index (χ3v) is 10.7. The first-order chi connectivity index (χ1) is 29.6. The van der Waals surface area contributed by atoms with Crippen molar-refractivity contribution in [3.05, 3.63) is 125 Å². The number of esters is 3.